The first kappa shape index (κ1) is 18.2. The molecule has 29 heavy (non-hydrogen) atoms. The molecule has 2 aliphatic carbocycles. The second kappa shape index (κ2) is 5.85. The maximum atomic E-state index is 12.2. The number of benzene rings is 2. The lowest BCUT2D eigenvalue weighted by atomic mass is 9.78. The van der Waals surface area contributed by atoms with E-state index in [1.165, 1.54) is 55.5 Å². The van der Waals surface area contributed by atoms with Gasteiger partial charge in [0.15, 0.2) is 0 Å². The number of H-pyrrole nitrogens is 1. The SMILES string of the molecule is Cc1cc2c(cc1C)CC(C1(c3c(C)c(C)c(C)c4[nH]ccc34)CC1C(=O)O)=C2. The van der Waals surface area contributed by atoms with Crippen molar-refractivity contribution in [3.63, 3.8) is 0 Å². The van der Waals surface area contributed by atoms with Crippen LogP contribution in [0.15, 0.2) is 30.0 Å². The summed E-state index contributed by atoms with van der Waals surface area (Å²) in [6, 6.07) is 6.65. The maximum absolute atomic E-state index is 12.2. The van der Waals surface area contributed by atoms with Crippen molar-refractivity contribution < 1.29 is 9.90 Å². The van der Waals surface area contributed by atoms with Gasteiger partial charge in [0.05, 0.1) is 5.92 Å². The molecule has 2 unspecified atom stereocenters. The molecule has 0 bridgehead atoms. The van der Waals surface area contributed by atoms with Crippen LogP contribution in [-0.4, -0.2) is 16.1 Å². The van der Waals surface area contributed by atoms with Crippen LogP contribution in [0.4, 0.5) is 0 Å². The molecule has 0 spiro atoms. The lowest BCUT2D eigenvalue weighted by Gasteiger charge is -2.25. The van der Waals surface area contributed by atoms with Crippen LogP contribution in [0.5, 0.6) is 0 Å². The van der Waals surface area contributed by atoms with E-state index in [9.17, 15) is 9.90 Å². The van der Waals surface area contributed by atoms with Gasteiger partial charge in [-0.2, -0.15) is 0 Å². The van der Waals surface area contributed by atoms with Crippen molar-refractivity contribution in [2.75, 3.05) is 0 Å². The maximum Gasteiger partial charge on any atom is 0.307 e. The number of aryl methyl sites for hydroxylation is 3. The van der Waals surface area contributed by atoms with Crippen molar-refractivity contribution in [3.05, 3.63) is 74.5 Å². The highest BCUT2D eigenvalue weighted by molar-refractivity contribution is 5.94. The van der Waals surface area contributed by atoms with Crippen LogP contribution >= 0.6 is 0 Å². The van der Waals surface area contributed by atoms with Crippen LogP contribution in [0.2, 0.25) is 0 Å². The number of carbonyl (C=O) groups is 1. The van der Waals surface area contributed by atoms with Gasteiger partial charge in [0.2, 0.25) is 0 Å². The number of aromatic nitrogens is 1. The Bertz CT molecular complexity index is 1240. The van der Waals surface area contributed by atoms with Gasteiger partial charge in [0.1, 0.15) is 0 Å². The zero-order valence-corrected chi connectivity index (χ0v) is 17.7. The van der Waals surface area contributed by atoms with Crippen LogP contribution in [0.1, 0.15) is 50.9 Å². The van der Waals surface area contributed by atoms with Gasteiger partial charge in [0.25, 0.3) is 0 Å². The van der Waals surface area contributed by atoms with Gasteiger partial charge in [-0.3, -0.25) is 4.79 Å². The second-order valence-electron chi connectivity index (χ2n) is 9.06. The zero-order chi connectivity index (χ0) is 20.7. The van der Waals surface area contributed by atoms with Gasteiger partial charge in [-0.15, -0.1) is 0 Å². The van der Waals surface area contributed by atoms with Gasteiger partial charge in [0, 0.05) is 22.5 Å². The molecule has 3 nitrogen and oxygen atoms in total. The number of hydrogen-bond acceptors (Lipinski definition) is 1. The molecule has 1 fully saturated rings. The normalized spacial score (nSPS) is 22.7. The van der Waals surface area contributed by atoms with E-state index in [1.807, 2.05) is 6.20 Å². The fourth-order valence-electron chi connectivity index (χ4n) is 5.59. The summed E-state index contributed by atoms with van der Waals surface area (Å²) in [5.74, 6) is -1.04. The number of carboxylic acids is 1. The Kier molecular flexibility index (Phi) is 3.68. The third-order valence-corrected chi connectivity index (χ3v) is 7.64. The lowest BCUT2D eigenvalue weighted by molar-refractivity contribution is -0.138. The van der Waals surface area contributed by atoms with Gasteiger partial charge in [-0.05, 0) is 98.0 Å². The van der Waals surface area contributed by atoms with Gasteiger partial charge < -0.3 is 10.1 Å². The minimum Gasteiger partial charge on any atom is -0.481 e. The van der Waals surface area contributed by atoms with Crippen LogP contribution in [0, 0.1) is 40.5 Å². The molecule has 0 amide bonds. The predicted molar refractivity (Wildman–Crippen MR) is 118 cm³/mol. The van der Waals surface area contributed by atoms with Crippen molar-refractivity contribution in [2.45, 2.75) is 52.9 Å². The Hall–Kier alpha value is -2.81. The minimum absolute atomic E-state index is 0.357. The van der Waals surface area contributed by atoms with E-state index in [-0.39, 0.29) is 5.92 Å². The molecular weight excluding hydrogens is 358 g/mol. The second-order valence-corrected chi connectivity index (χ2v) is 9.06. The van der Waals surface area contributed by atoms with Crippen molar-refractivity contribution >= 4 is 22.9 Å². The average molecular weight is 386 g/mol. The molecule has 1 aromatic heterocycles. The fraction of sp³-hybridized carbons (Fsp3) is 0.346. The summed E-state index contributed by atoms with van der Waals surface area (Å²) in [6.45, 7) is 10.8. The molecule has 0 saturated heterocycles. The van der Waals surface area contributed by atoms with E-state index in [0.29, 0.717) is 6.42 Å². The summed E-state index contributed by atoms with van der Waals surface area (Å²) in [5.41, 5.74) is 12.1. The van der Waals surface area contributed by atoms with E-state index < -0.39 is 11.4 Å². The quantitative estimate of drug-likeness (QED) is 0.608. The minimum atomic E-state index is -0.685. The number of carboxylic acid groups (broad SMARTS) is 1. The Labute approximate surface area is 171 Å². The average Bonchev–Trinajstić information content (AvgIpc) is 3.01. The highest BCUT2D eigenvalue weighted by Gasteiger charge is 2.63. The smallest absolute Gasteiger partial charge is 0.307 e. The first-order valence-electron chi connectivity index (χ1n) is 10.4. The Balaban J connectivity index is 1.76. The molecule has 3 heteroatoms. The Morgan fingerprint density at radius 2 is 1.79 bits per heavy atom. The van der Waals surface area contributed by atoms with Crippen LogP contribution in [-0.2, 0) is 16.6 Å². The van der Waals surface area contributed by atoms with E-state index in [2.05, 4.69) is 63.9 Å². The standard InChI is InChI=1S/C26H27NO2/c1-13-8-18-10-20(11-19(18)9-14(13)2)26(12-22(26)25(28)29)23-16(4)15(3)17(5)24-21(23)6-7-27-24/h6-10,22,27H,11-12H2,1-5H3,(H,28,29). The molecule has 148 valence electrons. The molecule has 2 aliphatic rings. The number of rotatable bonds is 3. The molecule has 0 aliphatic heterocycles. The third-order valence-electron chi connectivity index (χ3n) is 7.64. The topological polar surface area (TPSA) is 53.1 Å². The van der Waals surface area contributed by atoms with Gasteiger partial charge in [-0.1, -0.05) is 23.8 Å². The molecule has 2 atom stereocenters. The highest BCUT2D eigenvalue weighted by atomic mass is 16.4. The third kappa shape index (κ3) is 2.33. The van der Waals surface area contributed by atoms with Crippen molar-refractivity contribution in [1.29, 1.82) is 0 Å². The fourth-order valence-corrected chi connectivity index (χ4v) is 5.59. The molecule has 1 heterocycles. The summed E-state index contributed by atoms with van der Waals surface area (Å²) >= 11 is 0. The molecule has 3 aromatic rings. The van der Waals surface area contributed by atoms with Gasteiger partial charge in [-0.25, -0.2) is 0 Å². The number of hydrogen-bond donors (Lipinski definition) is 2. The zero-order valence-electron chi connectivity index (χ0n) is 17.7. The number of fused-ring (bicyclic) bond motifs is 2. The lowest BCUT2D eigenvalue weighted by Crippen LogP contribution is -2.20. The Morgan fingerprint density at radius 3 is 2.48 bits per heavy atom. The largest absolute Gasteiger partial charge is 0.481 e. The first-order chi connectivity index (χ1) is 13.8. The van der Waals surface area contributed by atoms with E-state index >= 15 is 0 Å². The number of nitrogens with one attached hydrogen (secondary N) is 1. The summed E-state index contributed by atoms with van der Waals surface area (Å²) in [6.07, 6.45) is 5.79. The molecule has 1 saturated carbocycles. The summed E-state index contributed by atoms with van der Waals surface area (Å²) in [4.78, 5) is 15.6. The summed E-state index contributed by atoms with van der Waals surface area (Å²) < 4.78 is 0. The first-order valence-corrected chi connectivity index (χ1v) is 10.4. The van der Waals surface area contributed by atoms with Gasteiger partial charge >= 0.3 is 5.97 Å². The van der Waals surface area contributed by atoms with Crippen molar-refractivity contribution in [1.82, 2.24) is 4.98 Å². The predicted octanol–water partition coefficient (Wildman–Crippen LogP) is 5.69. The molecular formula is C26H27NO2. The van der Waals surface area contributed by atoms with E-state index in [0.717, 1.165) is 11.9 Å². The number of aliphatic carboxylic acids is 1. The number of aromatic amines is 1. The highest BCUT2D eigenvalue weighted by Crippen LogP contribution is 2.63. The Morgan fingerprint density at radius 1 is 1.07 bits per heavy atom. The van der Waals surface area contributed by atoms with Crippen molar-refractivity contribution in [2.24, 2.45) is 5.92 Å². The summed E-state index contributed by atoms with van der Waals surface area (Å²) in [7, 11) is 0. The molecule has 2 N–H and O–H groups in total. The molecule has 2 aromatic carbocycles. The van der Waals surface area contributed by atoms with E-state index in [1.54, 1.807) is 0 Å². The van der Waals surface area contributed by atoms with Crippen LogP contribution in [0.25, 0.3) is 17.0 Å². The monoisotopic (exact) mass is 385 g/mol. The van der Waals surface area contributed by atoms with E-state index in [4.69, 9.17) is 0 Å². The molecule has 5 rings (SSSR count). The van der Waals surface area contributed by atoms with Crippen LogP contribution < -0.4 is 0 Å². The summed E-state index contributed by atoms with van der Waals surface area (Å²) in [5, 5.41) is 11.2. The van der Waals surface area contributed by atoms with Crippen molar-refractivity contribution in [3.8, 4) is 0 Å². The van der Waals surface area contributed by atoms with Crippen LogP contribution in [0.3, 0.4) is 0 Å². The molecule has 0 radical (unpaired) electrons. The number of allylic oxidation sites excluding steroid dienone is 1.